The Bertz CT molecular complexity index is 479. The first kappa shape index (κ1) is 14.2. The number of ether oxygens (including phenoxy) is 1. The third-order valence-electron chi connectivity index (χ3n) is 3.97. The van der Waals surface area contributed by atoms with Crippen molar-refractivity contribution >= 4 is 11.9 Å². The maximum atomic E-state index is 12.3. The molecule has 0 atom stereocenters. The molecule has 2 saturated heterocycles. The smallest absolute Gasteiger partial charge is 0.257 e. The lowest BCUT2D eigenvalue weighted by molar-refractivity contribution is 0.0302. The number of piperazine rings is 1. The predicted molar refractivity (Wildman–Crippen MR) is 78.5 cm³/mol. The van der Waals surface area contributed by atoms with Crippen molar-refractivity contribution in [3.05, 3.63) is 18.0 Å². The highest BCUT2D eigenvalue weighted by Crippen LogP contribution is 2.12. The fourth-order valence-electron chi connectivity index (χ4n) is 2.55. The van der Waals surface area contributed by atoms with Crippen LogP contribution in [0.4, 0.5) is 5.95 Å². The van der Waals surface area contributed by atoms with Crippen molar-refractivity contribution in [2.75, 3.05) is 64.4 Å². The SMILES string of the molecule is CN1CCN(c2ncc(C(=O)N3CCOCC3)cn2)CC1. The molecule has 0 unspecified atom stereocenters. The first-order valence-electron chi connectivity index (χ1n) is 7.36. The van der Waals surface area contributed by atoms with E-state index in [4.69, 9.17) is 4.74 Å². The molecule has 0 bridgehead atoms. The Labute approximate surface area is 124 Å². The average molecular weight is 291 g/mol. The number of likely N-dealkylation sites (N-methyl/N-ethyl adjacent to an activating group) is 1. The molecule has 1 aromatic rings. The van der Waals surface area contributed by atoms with E-state index in [0.717, 1.165) is 26.2 Å². The summed E-state index contributed by atoms with van der Waals surface area (Å²) in [6.45, 7) is 6.35. The minimum absolute atomic E-state index is 0.0109. The molecule has 2 aliphatic rings. The van der Waals surface area contributed by atoms with Gasteiger partial charge in [0, 0.05) is 51.7 Å². The van der Waals surface area contributed by atoms with Gasteiger partial charge in [0.25, 0.3) is 5.91 Å². The highest BCUT2D eigenvalue weighted by Gasteiger charge is 2.20. The van der Waals surface area contributed by atoms with E-state index in [1.807, 2.05) is 0 Å². The van der Waals surface area contributed by atoms with Crippen molar-refractivity contribution < 1.29 is 9.53 Å². The van der Waals surface area contributed by atoms with Gasteiger partial charge in [-0.2, -0.15) is 0 Å². The zero-order valence-electron chi connectivity index (χ0n) is 12.4. The van der Waals surface area contributed by atoms with Crippen molar-refractivity contribution in [3.63, 3.8) is 0 Å². The fraction of sp³-hybridized carbons (Fsp3) is 0.643. The molecule has 0 N–H and O–H groups in total. The van der Waals surface area contributed by atoms with E-state index in [9.17, 15) is 4.79 Å². The van der Waals surface area contributed by atoms with Gasteiger partial charge >= 0.3 is 0 Å². The molecule has 1 amide bonds. The molecule has 2 aliphatic heterocycles. The molecule has 1 aromatic heterocycles. The third kappa shape index (κ3) is 3.30. The van der Waals surface area contributed by atoms with Crippen molar-refractivity contribution in [2.45, 2.75) is 0 Å². The van der Waals surface area contributed by atoms with Gasteiger partial charge in [0.05, 0.1) is 18.8 Å². The molecule has 0 aliphatic carbocycles. The van der Waals surface area contributed by atoms with E-state index in [1.54, 1.807) is 17.3 Å². The fourth-order valence-corrected chi connectivity index (χ4v) is 2.55. The first-order valence-corrected chi connectivity index (χ1v) is 7.36. The average Bonchev–Trinajstić information content (AvgIpc) is 2.56. The zero-order valence-corrected chi connectivity index (χ0v) is 12.4. The van der Waals surface area contributed by atoms with Crippen LogP contribution in [0, 0.1) is 0 Å². The summed E-state index contributed by atoms with van der Waals surface area (Å²) >= 11 is 0. The topological polar surface area (TPSA) is 61.8 Å². The Morgan fingerprint density at radius 2 is 1.67 bits per heavy atom. The van der Waals surface area contributed by atoms with Gasteiger partial charge in [-0.3, -0.25) is 4.79 Å². The van der Waals surface area contributed by atoms with Gasteiger partial charge in [0.1, 0.15) is 0 Å². The summed E-state index contributed by atoms with van der Waals surface area (Å²) in [5, 5.41) is 0. The number of hydrogen-bond acceptors (Lipinski definition) is 6. The maximum Gasteiger partial charge on any atom is 0.257 e. The van der Waals surface area contributed by atoms with Crippen LogP contribution in [0.3, 0.4) is 0 Å². The second-order valence-corrected chi connectivity index (χ2v) is 5.47. The van der Waals surface area contributed by atoms with Crippen molar-refractivity contribution in [1.82, 2.24) is 19.8 Å². The van der Waals surface area contributed by atoms with Gasteiger partial charge in [-0.15, -0.1) is 0 Å². The van der Waals surface area contributed by atoms with Crippen LogP contribution in [0.15, 0.2) is 12.4 Å². The van der Waals surface area contributed by atoms with Crippen LogP contribution in [-0.4, -0.2) is 85.2 Å². The number of carbonyl (C=O) groups is 1. The second-order valence-electron chi connectivity index (χ2n) is 5.47. The number of morpholine rings is 1. The molecule has 7 nitrogen and oxygen atoms in total. The van der Waals surface area contributed by atoms with Crippen LogP contribution in [0.1, 0.15) is 10.4 Å². The summed E-state index contributed by atoms with van der Waals surface area (Å²) in [4.78, 5) is 27.3. The molecule has 21 heavy (non-hydrogen) atoms. The number of hydrogen-bond donors (Lipinski definition) is 0. The minimum Gasteiger partial charge on any atom is -0.378 e. The highest BCUT2D eigenvalue weighted by molar-refractivity contribution is 5.93. The standard InChI is InChI=1S/C14H21N5O2/c1-17-2-4-19(5-3-17)14-15-10-12(11-16-14)13(20)18-6-8-21-9-7-18/h10-11H,2-9H2,1H3. The van der Waals surface area contributed by atoms with E-state index >= 15 is 0 Å². The van der Waals surface area contributed by atoms with Gasteiger partial charge in [-0.05, 0) is 7.05 Å². The summed E-state index contributed by atoms with van der Waals surface area (Å²) < 4.78 is 5.26. The van der Waals surface area contributed by atoms with Crippen LogP contribution in [-0.2, 0) is 4.74 Å². The van der Waals surface area contributed by atoms with Crippen molar-refractivity contribution in [1.29, 1.82) is 0 Å². The number of rotatable bonds is 2. The van der Waals surface area contributed by atoms with Crippen LogP contribution in [0.5, 0.6) is 0 Å². The number of nitrogens with zero attached hydrogens (tertiary/aromatic N) is 5. The van der Waals surface area contributed by atoms with E-state index < -0.39 is 0 Å². The Hall–Kier alpha value is -1.73. The number of carbonyl (C=O) groups excluding carboxylic acids is 1. The summed E-state index contributed by atoms with van der Waals surface area (Å²) in [6, 6.07) is 0. The van der Waals surface area contributed by atoms with E-state index in [1.165, 1.54) is 0 Å². The lowest BCUT2D eigenvalue weighted by atomic mass is 10.2. The van der Waals surface area contributed by atoms with Crippen LogP contribution < -0.4 is 4.90 Å². The zero-order chi connectivity index (χ0) is 14.7. The van der Waals surface area contributed by atoms with E-state index in [0.29, 0.717) is 37.8 Å². The molecule has 114 valence electrons. The van der Waals surface area contributed by atoms with E-state index in [-0.39, 0.29) is 5.91 Å². The molecule has 0 spiro atoms. The Kier molecular flexibility index (Phi) is 4.31. The Morgan fingerprint density at radius 1 is 1.05 bits per heavy atom. The van der Waals surface area contributed by atoms with Crippen LogP contribution in [0.2, 0.25) is 0 Å². The number of anilines is 1. The van der Waals surface area contributed by atoms with Gasteiger partial charge in [0.2, 0.25) is 5.95 Å². The summed E-state index contributed by atoms with van der Waals surface area (Å²) in [6.07, 6.45) is 3.27. The maximum absolute atomic E-state index is 12.3. The molecule has 0 radical (unpaired) electrons. The molecule has 2 fully saturated rings. The third-order valence-corrected chi connectivity index (χ3v) is 3.97. The lowest BCUT2D eigenvalue weighted by Crippen LogP contribution is -2.45. The minimum atomic E-state index is -0.0109. The molecular formula is C14H21N5O2. The molecular weight excluding hydrogens is 270 g/mol. The number of amides is 1. The Morgan fingerprint density at radius 3 is 2.29 bits per heavy atom. The highest BCUT2D eigenvalue weighted by atomic mass is 16.5. The predicted octanol–water partition coefficient (Wildman–Crippen LogP) is -0.299. The molecule has 3 rings (SSSR count). The molecule has 7 heteroatoms. The second kappa shape index (κ2) is 6.36. The Balaban J connectivity index is 1.64. The van der Waals surface area contributed by atoms with Gasteiger partial charge in [0.15, 0.2) is 0 Å². The van der Waals surface area contributed by atoms with Crippen LogP contribution in [0.25, 0.3) is 0 Å². The van der Waals surface area contributed by atoms with Crippen molar-refractivity contribution in [3.8, 4) is 0 Å². The normalized spacial score (nSPS) is 20.6. The van der Waals surface area contributed by atoms with Gasteiger partial charge in [-0.25, -0.2) is 9.97 Å². The molecule has 0 aromatic carbocycles. The molecule has 0 saturated carbocycles. The number of aromatic nitrogens is 2. The summed E-state index contributed by atoms with van der Waals surface area (Å²) in [5.41, 5.74) is 0.551. The quantitative estimate of drug-likeness (QED) is 0.745. The van der Waals surface area contributed by atoms with Gasteiger partial charge < -0.3 is 19.4 Å². The van der Waals surface area contributed by atoms with Crippen molar-refractivity contribution in [2.24, 2.45) is 0 Å². The lowest BCUT2D eigenvalue weighted by Gasteiger charge is -2.32. The van der Waals surface area contributed by atoms with Crippen LogP contribution >= 0.6 is 0 Å². The summed E-state index contributed by atoms with van der Waals surface area (Å²) in [7, 11) is 2.11. The monoisotopic (exact) mass is 291 g/mol. The summed E-state index contributed by atoms with van der Waals surface area (Å²) in [5.74, 6) is 0.699. The largest absolute Gasteiger partial charge is 0.378 e. The first-order chi connectivity index (χ1) is 10.2. The molecule has 3 heterocycles. The van der Waals surface area contributed by atoms with E-state index in [2.05, 4.69) is 26.8 Å². The van der Waals surface area contributed by atoms with Gasteiger partial charge in [-0.1, -0.05) is 0 Å².